The second-order valence-corrected chi connectivity index (χ2v) is 4.77. The number of piperidine rings is 1. The lowest BCUT2D eigenvalue weighted by Gasteiger charge is -2.39. The van der Waals surface area contributed by atoms with Gasteiger partial charge in [0.15, 0.2) is 11.6 Å². The van der Waals surface area contributed by atoms with Crippen molar-refractivity contribution in [2.75, 3.05) is 18.5 Å². The molecular weight excluding hydrogens is 241 g/mol. The predicted octanol–water partition coefficient (Wildman–Crippen LogP) is 2.68. The maximum atomic E-state index is 13.7. The van der Waals surface area contributed by atoms with Gasteiger partial charge in [0.05, 0.1) is 5.69 Å². The SMILES string of the molecule is CNC1CCN(c2cc(F)cc(F)c2F)C(C)C1. The molecule has 2 nitrogen and oxygen atoms in total. The normalized spacial score (nSPS) is 24.4. The minimum Gasteiger partial charge on any atom is -0.366 e. The lowest BCUT2D eigenvalue weighted by Crippen LogP contribution is -2.47. The molecule has 18 heavy (non-hydrogen) atoms. The van der Waals surface area contributed by atoms with Crippen LogP contribution in [0.25, 0.3) is 0 Å². The first-order valence-corrected chi connectivity index (χ1v) is 6.11. The summed E-state index contributed by atoms with van der Waals surface area (Å²) in [5, 5.41) is 3.18. The van der Waals surface area contributed by atoms with Gasteiger partial charge in [0.25, 0.3) is 0 Å². The number of hydrogen-bond donors (Lipinski definition) is 1. The Hall–Kier alpha value is -1.23. The number of nitrogens with one attached hydrogen (secondary N) is 1. The van der Waals surface area contributed by atoms with Crippen molar-refractivity contribution in [1.82, 2.24) is 5.32 Å². The molecule has 2 atom stereocenters. The van der Waals surface area contributed by atoms with Gasteiger partial charge in [0.1, 0.15) is 5.82 Å². The van der Waals surface area contributed by atoms with Crippen LogP contribution in [0.15, 0.2) is 12.1 Å². The third kappa shape index (κ3) is 2.46. The molecule has 1 fully saturated rings. The van der Waals surface area contributed by atoms with E-state index in [4.69, 9.17) is 0 Å². The van der Waals surface area contributed by atoms with Gasteiger partial charge in [-0.2, -0.15) is 0 Å². The molecular formula is C13H17F3N2. The van der Waals surface area contributed by atoms with Crippen LogP contribution in [0.2, 0.25) is 0 Å². The second-order valence-electron chi connectivity index (χ2n) is 4.77. The molecule has 2 unspecified atom stereocenters. The van der Waals surface area contributed by atoms with Gasteiger partial charge in [-0.05, 0) is 26.8 Å². The van der Waals surface area contributed by atoms with Crippen LogP contribution in [0.4, 0.5) is 18.9 Å². The van der Waals surface area contributed by atoms with Crippen LogP contribution in [0.1, 0.15) is 19.8 Å². The Morgan fingerprint density at radius 1 is 1.28 bits per heavy atom. The van der Waals surface area contributed by atoms with E-state index in [-0.39, 0.29) is 11.7 Å². The molecule has 0 saturated carbocycles. The summed E-state index contributed by atoms with van der Waals surface area (Å²) in [5.74, 6) is -2.84. The molecule has 5 heteroatoms. The third-order valence-electron chi connectivity index (χ3n) is 3.57. The van der Waals surface area contributed by atoms with Crippen LogP contribution < -0.4 is 10.2 Å². The standard InChI is InChI=1S/C13H17F3N2/c1-8-5-10(17-2)3-4-18(8)12-7-9(14)6-11(15)13(12)16/h6-8,10,17H,3-5H2,1-2H3. The van der Waals surface area contributed by atoms with Crippen LogP contribution in [0.3, 0.4) is 0 Å². The average molecular weight is 258 g/mol. The number of benzene rings is 1. The smallest absolute Gasteiger partial charge is 0.182 e. The fourth-order valence-corrected chi connectivity index (χ4v) is 2.54. The fourth-order valence-electron chi connectivity index (χ4n) is 2.54. The molecule has 0 spiro atoms. The van der Waals surface area contributed by atoms with Crippen molar-refractivity contribution in [1.29, 1.82) is 0 Å². The molecule has 1 saturated heterocycles. The van der Waals surface area contributed by atoms with Crippen LogP contribution >= 0.6 is 0 Å². The zero-order chi connectivity index (χ0) is 13.3. The Bertz CT molecular complexity index is 436. The Kier molecular flexibility index (Phi) is 3.80. The van der Waals surface area contributed by atoms with Crippen molar-refractivity contribution in [3.05, 3.63) is 29.6 Å². The Labute approximate surface area is 105 Å². The van der Waals surface area contributed by atoms with Crippen molar-refractivity contribution >= 4 is 5.69 Å². The number of anilines is 1. The topological polar surface area (TPSA) is 15.3 Å². The van der Waals surface area contributed by atoms with E-state index >= 15 is 0 Å². The van der Waals surface area contributed by atoms with E-state index in [2.05, 4.69) is 5.32 Å². The van der Waals surface area contributed by atoms with Crippen molar-refractivity contribution in [3.63, 3.8) is 0 Å². The third-order valence-corrected chi connectivity index (χ3v) is 3.57. The van der Waals surface area contributed by atoms with Crippen LogP contribution in [-0.4, -0.2) is 25.7 Å². The summed E-state index contributed by atoms with van der Waals surface area (Å²) in [5.41, 5.74) is 0.0227. The monoisotopic (exact) mass is 258 g/mol. The first-order valence-electron chi connectivity index (χ1n) is 6.11. The van der Waals surface area contributed by atoms with E-state index in [1.807, 2.05) is 14.0 Å². The molecule has 0 bridgehead atoms. The first kappa shape index (κ1) is 13.2. The zero-order valence-electron chi connectivity index (χ0n) is 10.5. The second kappa shape index (κ2) is 5.18. The van der Waals surface area contributed by atoms with Gasteiger partial charge < -0.3 is 10.2 Å². The summed E-state index contributed by atoms with van der Waals surface area (Å²) in [6.07, 6.45) is 1.66. The van der Waals surface area contributed by atoms with Crippen LogP contribution in [0, 0.1) is 17.5 Å². The van der Waals surface area contributed by atoms with E-state index < -0.39 is 17.5 Å². The summed E-state index contributed by atoms with van der Waals surface area (Å²) in [6.45, 7) is 2.53. The number of nitrogens with zero attached hydrogens (tertiary/aromatic N) is 1. The summed E-state index contributed by atoms with van der Waals surface area (Å²) in [7, 11) is 1.88. The van der Waals surface area contributed by atoms with E-state index in [1.165, 1.54) is 0 Å². The lowest BCUT2D eigenvalue weighted by molar-refractivity contribution is 0.381. The maximum Gasteiger partial charge on any atom is 0.182 e. The van der Waals surface area contributed by atoms with Crippen molar-refractivity contribution in [2.45, 2.75) is 31.8 Å². The van der Waals surface area contributed by atoms with Crippen LogP contribution in [-0.2, 0) is 0 Å². The Morgan fingerprint density at radius 2 is 2.00 bits per heavy atom. The molecule has 0 radical (unpaired) electrons. The fraction of sp³-hybridized carbons (Fsp3) is 0.538. The van der Waals surface area contributed by atoms with Gasteiger partial charge in [-0.3, -0.25) is 0 Å². The van der Waals surface area contributed by atoms with Crippen LogP contribution in [0.5, 0.6) is 0 Å². The van der Waals surface area contributed by atoms with Gasteiger partial charge in [-0.25, -0.2) is 13.2 Å². The number of rotatable bonds is 2. The highest BCUT2D eigenvalue weighted by Gasteiger charge is 2.27. The van der Waals surface area contributed by atoms with Crippen molar-refractivity contribution in [2.24, 2.45) is 0 Å². The number of halogens is 3. The van der Waals surface area contributed by atoms with E-state index in [0.29, 0.717) is 18.7 Å². The maximum absolute atomic E-state index is 13.7. The summed E-state index contributed by atoms with van der Waals surface area (Å²) in [4.78, 5) is 1.73. The predicted molar refractivity (Wildman–Crippen MR) is 65.2 cm³/mol. The molecule has 2 rings (SSSR count). The average Bonchev–Trinajstić information content (AvgIpc) is 2.34. The molecule has 0 aliphatic carbocycles. The molecule has 0 amide bonds. The highest BCUT2D eigenvalue weighted by Crippen LogP contribution is 2.29. The highest BCUT2D eigenvalue weighted by atomic mass is 19.2. The van der Waals surface area contributed by atoms with Gasteiger partial charge >= 0.3 is 0 Å². The molecule has 0 aromatic heterocycles. The molecule has 1 heterocycles. The summed E-state index contributed by atoms with van der Waals surface area (Å²) in [6, 6.07) is 2.06. The molecule has 1 aliphatic heterocycles. The highest BCUT2D eigenvalue weighted by molar-refractivity contribution is 5.50. The quantitative estimate of drug-likeness (QED) is 0.820. The minimum atomic E-state index is -1.13. The molecule has 1 aliphatic rings. The zero-order valence-corrected chi connectivity index (χ0v) is 10.5. The first-order chi connectivity index (χ1) is 8.52. The van der Waals surface area contributed by atoms with Gasteiger partial charge in [-0.15, -0.1) is 0 Å². The Morgan fingerprint density at radius 3 is 2.61 bits per heavy atom. The largest absolute Gasteiger partial charge is 0.366 e. The van der Waals surface area contributed by atoms with Crippen molar-refractivity contribution < 1.29 is 13.2 Å². The van der Waals surface area contributed by atoms with Gasteiger partial charge in [-0.1, -0.05) is 0 Å². The summed E-state index contributed by atoms with van der Waals surface area (Å²) < 4.78 is 40.1. The van der Waals surface area contributed by atoms with Gasteiger partial charge in [0.2, 0.25) is 0 Å². The lowest BCUT2D eigenvalue weighted by atomic mass is 9.97. The molecule has 1 aromatic carbocycles. The molecule has 1 N–H and O–H groups in total. The van der Waals surface area contributed by atoms with E-state index in [9.17, 15) is 13.2 Å². The minimum absolute atomic E-state index is 0.0227. The summed E-state index contributed by atoms with van der Waals surface area (Å²) >= 11 is 0. The molecule has 100 valence electrons. The Balaban J connectivity index is 2.27. The number of hydrogen-bond acceptors (Lipinski definition) is 2. The molecule has 1 aromatic rings. The van der Waals surface area contributed by atoms with Crippen molar-refractivity contribution in [3.8, 4) is 0 Å². The van der Waals surface area contributed by atoms with Gasteiger partial charge in [0, 0.05) is 30.8 Å². The van der Waals surface area contributed by atoms with E-state index in [0.717, 1.165) is 18.9 Å². The van der Waals surface area contributed by atoms with E-state index in [1.54, 1.807) is 4.90 Å².